The molecule has 1 aliphatic heterocycles. The van der Waals surface area contributed by atoms with E-state index >= 15 is 0 Å². The summed E-state index contributed by atoms with van der Waals surface area (Å²) >= 11 is 0. The van der Waals surface area contributed by atoms with Crippen LogP contribution in [0.4, 0.5) is 5.69 Å². The Bertz CT molecular complexity index is 578. The van der Waals surface area contributed by atoms with E-state index < -0.39 is 0 Å². The van der Waals surface area contributed by atoms with Gasteiger partial charge in [0.15, 0.2) is 0 Å². The lowest BCUT2D eigenvalue weighted by molar-refractivity contribution is -0.117. The molecule has 1 aliphatic rings. The molecule has 0 fully saturated rings. The molecule has 1 aromatic carbocycles. The van der Waals surface area contributed by atoms with E-state index in [0.29, 0.717) is 6.42 Å². The number of hydrogen-bond donors (Lipinski definition) is 0. The Balaban J connectivity index is 2.09. The van der Waals surface area contributed by atoms with Crippen LogP contribution in [0.3, 0.4) is 0 Å². The number of anilines is 1. The van der Waals surface area contributed by atoms with Crippen molar-refractivity contribution in [2.45, 2.75) is 6.42 Å². The molecule has 0 N–H and O–H groups in total. The first-order chi connectivity index (χ1) is 8.25. The van der Waals surface area contributed by atoms with Crippen LogP contribution >= 0.6 is 0 Å². The summed E-state index contributed by atoms with van der Waals surface area (Å²) in [6.45, 7) is 0. The fourth-order valence-corrected chi connectivity index (χ4v) is 2.17. The highest BCUT2D eigenvalue weighted by molar-refractivity contribution is 6.01. The van der Waals surface area contributed by atoms with E-state index in [-0.39, 0.29) is 5.91 Å². The molecule has 3 heteroatoms. The molecule has 1 amide bonds. The van der Waals surface area contributed by atoms with Crippen molar-refractivity contribution < 1.29 is 4.79 Å². The quantitative estimate of drug-likeness (QED) is 0.744. The summed E-state index contributed by atoms with van der Waals surface area (Å²) < 4.78 is 0. The highest BCUT2D eigenvalue weighted by atomic mass is 16.2. The zero-order valence-corrected chi connectivity index (χ0v) is 9.55. The van der Waals surface area contributed by atoms with Crippen molar-refractivity contribution >= 4 is 11.6 Å². The van der Waals surface area contributed by atoms with Gasteiger partial charge in [-0.3, -0.25) is 9.78 Å². The third kappa shape index (κ3) is 1.60. The molecule has 0 spiro atoms. The predicted octanol–water partition coefficient (Wildman–Crippen LogP) is 2.27. The second-order valence-electron chi connectivity index (χ2n) is 4.21. The molecule has 0 saturated carbocycles. The Kier molecular flexibility index (Phi) is 2.18. The number of nitrogens with zero attached hydrogens (tertiary/aromatic N) is 2. The van der Waals surface area contributed by atoms with Crippen molar-refractivity contribution in [2.75, 3.05) is 11.9 Å². The van der Waals surface area contributed by atoms with E-state index in [1.807, 2.05) is 25.2 Å². The van der Waals surface area contributed by atoms with E-state index in [2.05, 4.69) is 17.1 Å². The van der Waals surface area contributed by atoms with Crippen LogP contribution in [0.1, 0.15) is 5.56 Å². The van der Waals surface area contributed by atoms with E-state index in [4.69, 9.17) is 0 Å². The van der Waals surface area contributed by atoms with Crippen LogP contribution < -0.4 is 4.90 Å². The van der Waals surface area contributed by atoms with Crippen LogP contribution in [-0.2, 0) is 11.2 Å². The number of fused-ring (bicyclic) bond motifs is 1. The average Bonchev–Trinajstić information content (AvgIpc) is 2.66. The second kappa shape index (κ2) is 3.70. The van der Waals surface area contributed by atoms with Crippen LogP contribution in [0, 0.1) is 0 Å². The lowest BCUT2D eigenvalue weighted by Crippen LogP contribution is -2.20. The fraction of sp³-hybridized carbons (Fsp3) is 0.143. The zero-order valence-electron chi connectivity index (χ0n) is 9.55. The number of amides is 1. The van der Waals surface area contributed by atoms with Crippen LogP contribution in [0.2, 0.25) is 0 Å². The molecule has 3 nitrogen and oxygen atoms in total. The molecule has 17 heavy (non-hydrogen) atoms. The fourth-order valence-electron chi connectivity index (χ4n) is 2.17. The average molecular weight is 224 g/mol. The van der Waals surface area contributed by atoms with Crippen molar-refractivity contribution in [3.8, 4) is 11.1 Å². The highest BCUT2D eigenvalue weighted by Gasteiger charge is 2.23. The molecule has 84 valence electrons. The Morgan fingerprint density at radius 2 is 1.88 bits per heavy atom. The number of carbonyl (C=O) groups excluding carboxylic acids is 1. The summed E-state index contributed by atoms with van der Waals surface area (Å²) in [5.74, 6) is 0.159. The summed E-state index contributed by atoms with van der Waals surface area (Å²) in [5, 5.41) is 0. The molecule has 0 bridgehead atoms. The lowest BCUT2D eigenvalue weighted by Gasteiger charge is -2.11. The molecule has 0 atom stereocenters. The smallest absolute Gasteiger partial charge is 0.231 e. The van der Waals surface area contributed by atoms with Gasteiger partial charge in [-0.1, -0.05) is 12.1 Å². The summed E-state index contributed by atoms with van der Waals surface area (Å²) in [4.78, 5) is 17.3. The van der Waals surface area contributed by atoms with Crippen molar-refractivity contribution in [3.63, 3.8) is 0 Å². The first-order valence-corrected chi connectivity index (χ1v) is 5.55. The molecule has 0 unspecified atom stereocenters. The Morgan fingerprint density at radius 3 is 2.65 bits per heavy atom. The minimum atomic E-state index is 0.159. The molecule has 0 radical (unpaired) electrons. The van der Waals surface area contributed by atoms with Crippen LogP contribution in [0.15, 0.2) is 42.7 Å². The van der Waals surface area contributed by atoms with Crippen LogP contribution in [0.5, 0.6) is 0 Å². The number of aromatic nitrogens is 1. The van der Waals surface area contributed by atoms with Gasteiger partial charge in [0.05, 0.1) is 6.42 Å². The van der Waals surface area contributed by atoms with E-state index in [1.165, 1.54) is 0 Å². The zero-order chi connectivity index (χ0) is 11.8. The van der Waals surface area contributed by atoms with Gasteiger partial charge in [0.1, 0.15) is 0 Å². The second-order valence-corrected chi connectivity index (χ2v) is 4.21. The maximum Gasteiger partial charge on any atom is 0.231 e. The monoisotopic (exact) mass is 224 g/mol. The van der Waals surface area contributed by atoms with Crippen molar-refractivity contribution in [1.82, 2.24) is 4.98 Å². The molecule has 0 aliphatic carbocycles. The minimum Gasteiger partial charge on any atom is -0.315 e. The molecule has 0 saturated heterocycles. The van der Waals surface area contributed by atoms with E-state index in [1.54, 1.807) is 17.3 Å². The summed E-state index contributed by atoms with van der Waals surface area (Å²) in [5.41, 5.74) is 4.36. The van der Waals surface area contributed by atoms with Gasteiger partial charge in [-0.05, 0) is 34.9 Å². The van der Waals surface area contributed by atoms with Gasteiger partial charge in [-0.25, -0.2) is 0 Å². The van der Waals surface area contributed by atoms with Gasteiger partial charge in [-0.2, -0.15) is 0 Å². The summed E-state index contributed by atoms with van der Waals surface area (Å²) in [7, 11) is 1.82. The normalized spacial score (nSPS) is 13.9. The van der Waals surface area contributed by atoms with Crippen LogP contribution in [-0.4, -0.2) is 17.9 Å². The van der Waals surface area contributed by atoms with Crippen molar-refractivity contribution in [3.05, 3.63) is 48.3 Å². The van der Waals surface area contributed by atoms with Gasteiger partial charge in [-0.15, -0.1) is 0 Å². The Labute approximate surface area is 99.7 Å². The largest absolute Gasteiger partial charge is 0.315 e. The number of rotatable bonds is 1. The van der Waals surface area contributed by atoms with Crippen molar-refractivity contribution in [2.24, 2.45) is 0 Å². The third-order valence-corrected chi connectivity index (χ3v) is 3.18. The van der Waals surface area contributed by atoms with E-state index in [0.717, 1.165) is 22.4 Å². The number of pyridine rings is 1. The molecule has 2 heterocycles. The Hall–Kier alpha value is -2.16. The molecule has 3 rings (SSSR count). The summed E-state index contributed by atoms with van der Waals surface area (Å²) in [6, 6.07) is 10.1. The third-order valence-electron chi connectivity index (χ3n) is 3.18. The van der Waals surface area contributed by atoms with Gasteiger partial charge in [0.2, 0.25) is 5.91 Å². The standard InChI is InChI=1S/C14H12N2O/c1-16-13-8-11(10-4-6-15-7-5-10)2-3-12(13)9-14(16)17/h2-8H,9H2,1H3. The summed E-state index contributed by atoms with van der Waals surface area (Å²) in [6.07, 6.45) is 4.07. The number of benzene rings is 1. The minimum absolute atomic E-state index is 0.159. The Morgan fingerprint density at radius 1 is 1.12 bits per heavy atom. The first-order valence-electron chi connectivity index (χ1n) is 5.55. The maximum atomic E-state index is 11.6. The molecular weight excluding hydrogens is 212 g/mol. The number of carbonyl (C=O) groups is 1. The number of hydrogen-bond acceptors (Lipinski definition) is 2. The van der Waals surface area contributed by atoms with Crippen molar-refractivity contribution in [1.29, 1.82) is 0 Å². The SMILES string of the molecule is CN1C(=O)Cc2ccc(-c3ccncc3)cc21. The van der Waals surface area contributed by atoms with Gasteiger partial charge in [0.25, 0.3) is 0 Å². The van der Waals surface area contributed by atoms with Gasteiger partial charge in [0, 0.05) is 25.1 Å². The lowest BCUT2D eigenvalue weighted by atomic mass is 10.0. The van der Waals surface area contributed by atoms with Gasteiger partial charge < -0.3 is 4.90 Å². The van der Waals surface area contributed by atoms with Gasteiger partial charge >= 0.3 is 0 Å². The molecule has 1 aromatic heterocycles. The topological polar surface area (TPSA) is 33.2 Å². The maximum absolute atomic E-state index is 11.6. The van der Waals surface area contributed by atoms with Crippen LogP contribution in [0.25, 0.3) is 11.1 Å². The first kappa shape index (κ1) is 10.0. The number of likely N-dealkylation sites (N-methyl/N-ethyl adjacent to an activating group) is 1. The highest BCUT2D eigenvalue weighted by Crippen LogP contribution is 2.32. The molecular formula is C14H12N2O. The molecule has 2 aromatic rings. The predicted molar refractivity (Wildman–Crippen MR) is 66.8 cm³/mol. The van der Waals surface area contributed by atoms with E-state index in [9.17, 15) is 4.79 Å².